The molecule has 0 bridgehead atoms. The summed E-state index contributed by atoms with van der Waals surface area (Å²) in [4.78, 5) is 11.0. The average molecular weight is 178 g/mol. The van der Waals surface area contributed by atoms with E-state index in [0.717, 1.165) is 12.2 Å². The molecule has 0 aliphatic heterocycles. The quantitative estimate of drug-likeness (QED) is 0.716. The number of hydrogen-bond acceptors (Lipinski definition) is 2. The Kier molecular flexibility index (Phi) is 1.58. The Morgan fingerprint density at radius 3 is 3.00 bits per heavy atom. The van der Waals surface area contributed by atoms with Crippen molar-refractivity contribution < 1.29 is 4.79 Å². The zero-order valence-corrected chi connectivity index (χ0v) is 7.27. The van der Waals surface area contributed by atoms with Gasteiger partial charge in [-0.15, -0.1) is 0 Å². The SMILES string of the molecule is CCn1ccn2ncc(C(N)=O)c12. The highest BCUT2D eigenvalue weighted by atomic mass is 16.1. The predicted molar refractivity (Wildman–Crippen MR) is 47.4 cm³/mol. The Morgan fingerprint density at radius 1 is 1.62 bits per heavy atom. The molecule has 2 heterocycles. The van der Waals surface area contributed by atoms with Crippen LogP contribution in [0.1, 0.15) is 17.3 Å². The van der Waals surface area contributed by atoms with Crippen LogP contribution >= 0.6 is 0 Å². The van der Waals surface area contributed by atoms with Crippen molar-refractivity contribution in [2.75, 3.05) is 0 Å². The fourth-order valence-corrected chi connectivity index (χ4v) is 1.39. The molecule has 2 N–H and O–H groups in total. The molecule has 0 radical (unpaired) electrons. The lowest BCUT2D eigenvalue weighted by molar-refractivity contribution is 0.100. The van der Waals surface area contributed by atoms with Gasteiger partial charge in [0.1, 0.15) is 11.2 Å². The number of primary amides is 1. The molecule has 13 heavy (non-hydrogen) atoms. The summed E-state index contributed by atoms with van der Waals surface area (Å²) in [6, 6.07) is 0. The summed E-state index contributed by atoms with van der Waals surface area (Å²) in [5, 5.41) is 4.00. The van der Waals surface area contributed by atoms with Crippen molar-refractivity contribution in [2.24, 2.45) is 5.73 Å². The Bertz CT molecular complexity index is 454. The predicted octanol–water partition coefficient (Wildman–Crippen LogP) is 0.255. The third-order valence-corrected chi connectivity index (χ3v) is 2.04. The first-order chi connectivity index (χ1) is 6.24. The van der Waals surface area contributed by atoms with Crippen LogP contribution in [0.2, 0.25) is 0 Å². The summed E-state index contributed by atoms with van der Waals surface area (Å²) < 4.78 is 3.57. The number of hydrogen-bond donors (Lipinski definition) is 1. The Hall–Kier alpha value is -1.78. The van der Waals surface area contributed by atoms with Gasteiger partial charge in [0.05, 0.1) is 6.20 Å². The van der Waals surface area contributed by atoms with Crippen molar-refractivity contribution in [3.63, 3.8) is 0 Å². The smallest absolute Gasteiger partial charge is 0.254 e. The number of fused-ring (bicyclic) bond motifs is 1. The molecule has 0 fully saturated rings. The molecule has 68 valence electrons. The summed E-state index contributed by atoms with van der Waals surface area (Å²) in [5.41, 5.74) is 6.43. The molecular weight excluding hydrogens is 168 g/mol. The van der Waals surface area contributed by atoms with Gasteiger partial charge >= 0.3 is 0 Å². The zero-order valence-electron chi connectivity index (χ0n) is 7.27. The van der Waals surface area contributed by atoms with E-state index in [0.29, 0.717) is 5.56 Å². The largest absolute Gasteiger partial charge is 0.365 e. The fraction of sp³-hybridized carbons (Fsp3) is 0.250. The Labute approximate surface area is 74.8 Å². The Balaban J connectivity index is 2.75. The molecule has 0 aliphatic carbocycles. The van der Waals surface area contributed by atoms with Gasteiger partial charge in [-0.25, -0.2) is 4.52 Å². The average Bonchev–Trinajstić information content (AvgIpc) is 2.61. The van der Waals surface area contributed by atoms with Crippen LogP contribution in [-0.2, 0) is 6.54 Å². The highest BCUT2D eigenvalue weighted by molar-refractivity contribution is 5.98. The van der Waals surface area contributed by atoms with Crippen molar-refractivity contribution in [1.82, 2.24) is 14.2 Å². The molecule has 1 amide bonds. The van der Waals surface area contributed by atoms with Crippen molar-refractivity contribution >= 4 is 11.6 Å². The second-order valence-corrected chi connectivity index (χ2v) is 2.77. The summed E-state index contributed by atoms with van der Waals surface area (Å²) >= 11 is 0. The highest BCUT2D eigenvalue weighted by Crippen LogP contribution is 2.10. The van der Waals surface area contributed by atoms with E-state index in [2.05, 4.69) is 5.10 Å². The number of aryl methyl sites for hydroxylation is 1. The van der Waals surface area contributed by atoms with Crippen LogP contribution in [0.25, 0.3) is 5.65 Å². The normalized spacial score (nSPS) is 10.8. The van der Waals surface area contributed by atoms with Crippen molar-refractivity contribution in [3.05, 3.63) is 24.2 Å². The molecular formula is C8H10N4O. The minimum atomic E-state index is -0.441. The van der Waals surface area contributed by atoms with Gasteiger partial charge in [0.2, 0.25) is 0 Å². The van der Waals surface area contributed by atoms with Crippen LogP contribution in [0.5, 0.6) is 0 Å². The van der Waals surface area contributed by atoms with Gasteiger partial charge in [-0.3, -0.25) is 4.79 Å². The van der Waals surface area contributed by atoms with E-state index in [1.165, 1.54) is 6.20 Å². The van der Waals surface area contributed by atoms with Gasteiger partial charge in [0.15, 0.2) is 0 Å². The molecule has 0 aliphatic rings. The maximum atomic E-state index is 11.0. The van der Waals surface area contributed by atoms with E-state index in [4.69, 9.17) is 5.73 Å². The number of nitrogens with two attached hydrogens (primary N) is 1. The molecule has 0 saturated carbocycles. The molecule has 2 aromatic rings. The van der Waals surface area contributed by atoms with E-state index >= 15 is 0 Å². The van der Waals surface area contributed by atoms with Crippen molar-refractivity contribution in [2.45, 2.75) is 13.5 Å². The standard InChI is InChI=1S/C8H10N4O/c1-2-11-3-4-12-8(11)6(5-10-12)7(9)13/h3-5H,2H2,1H3,(H2,9,13). The summed E-state index contributed by atoms with van der Waals surface area (Å²) in [6.45, 7) is 2.79. The van der Waals surface area contributed by atoms with Gasteiger partial charge in [-0.2, -0.15) is 5.10 Å². The first kappa shape index (κ1) is 7.85. The molecule has 5 nitrogen and oxygen atoms in total. The number of aromatic nitrogens is 3. The van der Waals surface area contributed by atoms with Gasteiger partial charge in [-0.1, -0.05) is 0 Å². The first-order valence-electron chi connectivity index (χ1n) is 4.06. The molecule has 0 aromatic carbocycles. The van der Waals surface area contributed by atoms with Crippen LogP contribution in [0.4, 0.5) is 0 Å². The minimum absolute atomic E-state index is 0.441. The van der Waals surface area contributed by atoms with E-state index in [9.17, 15) is 4.79 Å². The first-order valence-corrected chi connectivity index (χ1v) is 4.06. The fourth-order valence-electron chi connectivity index (χ4n) is 1.39. The van der Waals surface area contributed by atoms with Gasteiger partial charge < -0.3 is 10.3 Å². The van der Waals surface area contributed by atoms with E-state index in [-0.39, 0.29) is 0 Å². The number of amides is 1. The second kappa shape index (κ2) is 2.62. The number of rotatable bonds is 2. The molecule has 5 heteroatoms. The van der Waals surface area contributed by atoms with E-state index in [1.807, 2.05) is 17.7 Å². The van der Waals surface area contributed by atoms with Crippen LogP contribution in [0.3, 0.4) is 0 Å². The zero-order chi connectivity index (χ0) is 9.42. The molecule has 2 rings (SSSR count). The highest BCUT2D eigenvalue weighted by Gasteiger charge is 2.12. The third kappa shape index (κ3) is 1.00. The van der Waals surface area contributed by atoms with Gasteiger partial charge in [0.25, 0.3) is 5.91 Å². The number of carbonyl (C=O) groups excluding carboxylic acids is 1. The third-order valence-electron chi connectivity index (χ3n) is 2.04. The van der Waals surface area contributed by atoms with Crippen molar-refractivity contribution in [1.29, 1.82) is 0 Å². The Morgan fingerprint density at radius 2 is 2.38 bits per heavy atom. The van der Waals surface area contributed by atoms with Crippen LogP contribution < -0.4 is 5.73 Å². The van der Waals surface area contributed by atoms with Gasteiger partial charge in [0, 0.05) is 18.9 Å². The lowest BCUT2D eigenvalue weighted by atomic mass is 10.3. The van der Waals surface area contributed by atoms with Crippen LogP contribution in [0.15, 0.2) is 18.6 Å². The molecule has 0 saturated heterocycles. The lowest BCUT2D eigenvalue weighted by Gasteiger charge is -1.97. The molecule has 0 unspecified atom stereocenters. The van der Waals surface area contributed by atoms with Crippen LogP contribution in [-0.4, -0.2) is 20.1 Å². The number of imidazole rings is 1. The summed E-state index contributed by atoms with van der Waals surface area (Å²) in [7, 11) is 0. The maximum absolute atomic E-state index is 11.0. The second-order valence-electron chi connectivity index (χ2n) is 2.77. The molecule has 2 aromatic heterocycles. The van der Waals surface area contributed by atoms with E-state index in [1.54, 1.807) is 10.7 Å². The molecule has 0 spiro atoms. The lowest BCUT2D eigenvalue weighted by Crippen LogP contribution is -2.11. The minimum Gasteiger partial charge on any atom is -0.365 e. The maximum Gasteiger partial charge on any atom is 0.254 e. The summed E-state index contributed by atoms with van der Waals surface area (Å²) in [6.07, 6.45) is 5.16. The number of nitrogens with zero attached hydrogens (tertiary/aromatic N) is 3. The number of carbonyl (C=O) groups is 1. The van der Waals surface area contributed by atoms with Crippen LogP contribution in [0, 0.1) is 0 Å². The summed E-state index contributed by atoms with van der Waals surface area (Å²) in [5.74, 6) is -0.441. The van der Waals surface area contributed by atoms with Crippen molar-refractivity contribution in [3.8, 4) is 0 Å². The van der Waals surface area contributed by atoms with Gasteiger partial charge in [-0.05, 0) is 6.92 Å². The monoisotopic (exact) mass is 178 g/mol. The molecule has 0 atom stereocenters. The van der Waals surface area contributed by atoms with E-state index < -0.39 is 5.91 Å². The topological polar surface area (TPSA) is 65.3 Å².